The topological polar surface area (TPSA) is 0 Å². The molecule has 0 bridgehead atoms. The first kappa shape index (κ1) is 13.7. The van der Waals surface area contributed by atoms with Crippen LogP contribution in [0.5, 0.6) is 0 Å². The van der Waals surface area contributed by atoms with Crippen LogP contribution in [0.25, 0.3) is 11.1 Å². The maximum Gasteiger partial charge on any atom is 0.413 e. The molecular weight excluding hydrogens is 273 g/mol. The molecule has 106 valence electrons. The minimum atomic E-state index is -4.28. The Balaban J connectivity index is 2.11. The summed E-state index contributed by atoms with van der Waals surface area (Å²) in [6, 6.07) is 18.5. The molecule has 21 heavy (non-hydrogen) atoms. The van der Waals surface area contributed by atoms with Gasteiger partial charge in [-0.2, -0.15) is 13.2 Å². The maximum absolute atomic E-state index is 13.0. The Morgan fingerprint density at radius 1 is 0.714 bits per heavy atom. The van der Waals surface area contributed by atoms with Gasteiger partial charge in [0.1, 0.15) is 0 Å². The zero-order valence-corrected chi connectivity index (χ0v) is 11.2. The predicted octanol–water partition coefficient (Wildman–Crippen LogP) is 5.49. The van der Waals surface area contributed by atoms with E-state index in [2.05, 4.69) is 0 Å². The van der Waals surface area contributed by atoms with Gasteiger partial charge in [0.25, 0.3) is 0 Å². The van der Waals surface area contributed by atoms with E-state index in [1.165, 1.54) is 6.08 Å². The molecule has 0 saturated heterocycles. The minimum absolute atomic E-state index is 0.0717. The van der Waals surface area contributed by atoms with Crippen LogP contribution in [-0.2, 0) is 0 Å². The smallest absolute Gasteiger partial charge is 0.166 e. The van der Waals surface area contributed by atoms with Gasteiger partial charge >= 0.3 is 6.18 Å². The summed E-state index contributed by atoms with van der Waals surface area (Å²) in [5.74, 6) is 0. The van der Waals surface area contributed by atoms with Crippen LogP contribution >= 0.6 is 0 Å². The number of hydrogen-bond donors (Lipinski definition) is 0. The highest BCUT2D eigenvalue weighted by Crippen LogP contribution is 2.44. The van der Waals surface area contributed by atoms with Crippen molar-refractivity contribution in [3.05, 3.63) is 83.4 Å². The molecule has 1 aliphatic rings. The quantitative estimate of drug-likeness (QED) is 0.684. The van der Waals surface area contributed by atoms with Gasteiger partial charge in [-0.15, -0.1) is 0 Å². The van der Waals surface area contributed by atoms with E-state index in [-0.39, 0.29) is 6.42 Å². The van der Waals surface area contributed by atoms with Gasteiger partial charge in [0.15, 0.2) is 0 Å². The molecule has 0 aromatic heterocycles. The molecule has 0 atom stereocenters. The van der Waals surface area contributed by atoms with Crippen LogP contribution in [0, 0.1) is 0 Å². The zero-order valence-electron chi connectivity index (χ0n) is 11.2. The molecule has 0 N–H and O–H groups in total. The van der Waals surface area contributed by atoms with Gasteiger partial charge in [0.2, 0.25) is 0 Å². The van der Waals surface area contributed by atoms with Crippen LogP contribution in [-0.4, -0.2) is 6.18 Å². The molecule has 3 rings (SSSR count). The van der Waals surface area contributed by atoms with Crippen molar-refractivity contribution in [3.63, 3.8) is 0 Å². The number of hydrogen-bond acceptors (Lipinski definition) is 0. The van der Waals surface area contributed by atoms with Crippen LogP contribution in [0.2, 0.25) is 0 Å². The molecule has 3 heteroatoms. The normalized spacial score (nSPS) is 15.3. The third-order valence-electron chi connectivity index (χ3n) is 3.58. The summed E-state index contributed by atoms with van der Waals surface area (Å²) < 4.78 is 39.1. The van der Waals surface area contributed by atoms with Crippen LogP contribution in [0.4, 0.5) is 13.2 Å². The highest BCUT2D eigenvalue weighted by atomic mass is 19.4. The first-order valence-corrected chi connectivity index (χ1v) is 6.67. The van der Waals surface area contributed by atoms with Crippen molar-refractivity contribution in [2.24, 2.45) is 0 Å². The van der Waals surface area contributed by atoms with Crippen molar-refractivity contribution in [1.82, 2.24) is 0 Å². The zero-order chi connectivity index (χ0) is 14.9. The molecule has 1 aliphatic carbocycles. The van der Waals surface area contributed by atoms with Crippen molar-refractivity contribution >= 4 is 11.1 Å². The number of halogens is 3. The van der Waals surface area contributed by atoms with Crippen molar-refractivity contribution < 1.29 is 13.2 Å². The second-order valence-corrected chi connectivity index (χ2v) is 4.97. The summed E-state index contributed by atoms with van der Waals surface area (Å²) in [6.45, 7) is 0. The van der Waals surface area contributed by atoms with Crippen LogP contribution in [0.1, 0.15) is 17.5 Å². The third kappa shape index (κ3) is 2.77. The Morgan fingerprint density at radius 3 is 1.76 bits per heavy atom. The molecule has 0 amide bonds. The summed E-state index contributed by atoms with van der Waals surface area (Å²) >= 11 is 0. The summed E-state index contributed by atoms with van der Waals surface area (Å²) in [7, 11) is 0. The van der Waals surface area contributed by atoms with Gasteiger partial charge in [0.05, 0.1) is 0 Å². The molecule has 2 aromatic rings. The van der Waals surface area contributed by atoms with Crippen molar-refractivity contribution in [1.29, 1.82) is 0 Å². The predicted molar refractivity (Wildman–Crippen MR) is 78.5 cm³/mol. The van der Waals surface area contributed by atoms with Crippen LogP contribution in [0.15, 0.2) is 72.3 Å². The molecule has 0 spiro atoms. The molecule has 0 fully saturated rings. The van der Waals surface area contributed by atoms with E-state index in [0.29, 0.717) is 5.57 Å². The Kier molecular flexibility index (Phi) is 3.42. The number of allylic oxidation sites excluding steroid dienone is 4. The van der Waals surface area contributed by atoms with E-state index in [9.17, 15) is 13.2 Å². The third-order valence-corrected chi connectivity index (χ3v) is 3.58. The molecule has 0 heterocycles. The summed E-state index contributed by atoms with van der Waals surface area (Å²) in [6.07, 6.45) is -3.08. The van der Waals surface area contributed by atoms with Crippen molar-refractivity contribution in [3.8, 4) is 0 Å². The molecule has 0 nitrogen and oxygen atoms in total. The SMILES string of the molecule is FC(F)(F)C1=CC(c2ccccc2)=C(c2ccccc2)C1. The van der Waals surface area contributed by atoms with E-state index in [0.717, 1.165) is 16.7 Å². The molecule has 0 radical (unpaired) electrons. The minimum Gasteiger partial charge on any atom is -0.166 e. The molecule has 0 unspecified atom stereocenters. The highest BCUT2D eigenvalue weighted by molar-refractivity contribution is 5.99. The molecule has 2 aromatic carbocycles. The fraction of sp³-hybridized carbons (Fsp3) is 0.111. The summed E-state index contributed by atoms with van der Waals surface area (Å²) in [5, 5.41) is 0. The lowest BCUT2D eigenvalue weighted by atomic mass is 9.96. The molecule has 0 saturated carbocycles. The second kappa shape index (κ2) is 5.24. The van der Waals surface area contributed by atoms with Gasteiger partial charge in [0, 0.05) is 12.0 Å². The Hall–Kier alpha value is -2.29. The van der Waals surface area contributed by atoms with Crippen LogP contribution in [0.3, 0.4) is 0 Å². The Bertz CT molecular complexity index is 692. The lowest BCUT2D eigenvalue weighted by Gasteiger charge is -2.09. The van der Waals surface area contributed by atoms with Gasteiger partial charge in [-0.25, -0.2) is 0 Å². The fourth-order valence-corrected chi connectivity index (χ4v) is 2.55. The van der Waals surface area contributed by atoms with Gasteiger partial charge < -0.3 is 0 Å². The lowest BCUT2D eigenvalue weighted by molar-refractivity contribution is -0.0923. The lowest BCUT2D eigenvalue weighted by Crippen LogP contribution is -2.10. The molecular formula is C18H13F3. The largest absolute Gasteiger partial charge is 0.413 e. The summed E-state index contributed by atoms with van der Waals surface area (Å²) in [4.78, 5) is 0. The van der Waals surface area contributed by atoms with Crippen LogP contribution < -0.4 is 0 Å². The van der Waals surface area contributed by atoms with E-state index in [1.807, 2.05) is 60.7 Å². The highest BCUT2D eigenvalue weighted by Gasteiger charge is 2.37. The van der Waals surface area contributed by atoms with E-state index < -0.39 is 11.7 Å². The van der Waals surface area contributed by atoms with E-state index >= 15 is 0 Å². The molecule has 0 aliphatic heterocycles. The number of alkyl halides is 3. The fourth-order valence-electron chi connectivity index (χ4n) is 2.55. The standard InChI is InChI=1S/C18H13F3/c19-18(20,21)15-11-16(13-7-3-1-4-8-13)17(12-15)14-9-5-2-6-10-14/h1-11H,12H2. The Labute approximate surface area is 121 Å². The second-order valence-electron chi connectivity index (χ2n) is 4.97. The first-order valence-electron chi connectivity index (χ1n) is 6.67. The Morgan fingerprint density at radius 2 is 1.24 bits per heavy atom. The van der Waals surface area contributed by atoms with Gasteiger partial charge in [-0.1, -0.05) is 60.7 Å². The number of rotatable bonds is 2. The monoisotopic (exact) mass is 286 g/mol. The summed E-state index contributed by atoms with van der Waals surface area (Å²) in [5.41, 5.74) is 2.56. The number of benzene rings is 2. The first-order chi connectivity index (χ1) is 10.1. The van der Waals surface area contributed by atoms with Crippen molar-refractivity contribution in [2.75, 3.05) is 0 Å². The van der Waals surface area contributed by atoms with Crippen molar-refractivity contribution in [2.45, 2.75) is 12.6 Å². The maximum atomic E-state index is 13.0. The average molecular weight is 286 g/mol. The van der Waals surface area contributed by atoms with Gasteiger partial charge in [-0.3, -0.25) is 0 Å². The van der Waals surface area contributed by atoms with E-state index in [1.54, 1.807) is 0 Å². The van der Waals surface area contributed by atoms with E-state index in [4.69, 9.17) is 0 Å². The average Bonchev–Trinajstić information content (AvgIpc) is 2.94. The van der Waals surface area contributed by atoms with Gasteiger partial charge in [-0.05, 0) is 28.3 Å².